The van der Waals surface area contributed by atoms with Crippen LogP contribution < -0.4 is 5.32 Å². The number of aromatic nitrogens is 3. The molecule has 0 spiro atoms. The average Bonchev–Trinajstić information content (AvgIpc) is 3.10. The van der Waals surface area contributed by atoms with Crippen molar-refractivity contribution in [2.24, 2.45) is 0 Å². The van der Waals surface area contributed by atoms with E-state index in [4.69, 9.17) is 0 Å². The van der Waals surface area contributed by atoms with Gasteiger partial charge >= 0.3 is 0 Å². The third-order valence-corrected chi connectivity index (χ3v) is 4.64. The topological polar surface area (TPSA) is 59.8 Å². The van der Waals surface area contributed by atoms with Gasteiger partial charge in [0.25, 0.3) is 5.91 Å². The van der Waals surface area contributed by atoms with Crippen molar-refractivity contribution < 1.29 is 4.79 Å². The van der Waals surface area contributed by atoms with Crippen molar-refractivity contribution in [2.75, 3.05) is 6.54 Å². The summed E-state index contributed by atoms with van der Waals surface area (Å²) in [6, 6.07) is 7.97. The van der Waals surface area contributed by atoms with E-state index >= 15 is 0 Å². The van der Waals surface area contributed by atoms with E-state index in [1.165, 1.54) is 11.3 Å². The van der Waals surface area contributed by atoms with Gasteiger partial charge in [0.2, 0.25) is 0 Å². The molecule has 0 saturated carbocycles. The molecule has 0 aliphatic carbocycles. The van der Waals surface area contributed by atoms with Gasteiger partial charge in [-0.25, -0.2) is 9.97 Å². The summed E-state index contributed by atoms with van der Waals surface area (Å²) >= 11 is 1.51. The summed E-state index contributed by atoms with van der Waals surface area (Å²) in [5, 5.41) is 2.97. The molecule has 3 heterocycles. The Kier molecular flexibility index (Phi) is 4.43. The van der Waals surface area contributed by atoms with Crippen molar-refractivity contribution in [2.45, 2.75) is 33.2 Å². The maximum Gasteiger partial charge on any atom is 0.261 e. The van der Waals surface area contributed by atoms with E-state index in [1.807, 2.05) is 31.2 Å². The highest BCUT2D eigenvalue weighted by molar-refractivity contribution is 7.13. The minimum absolute atomic E-state index is 0.0200. The average molecular weight is 328 g/mol. The Bertz CT molecular complexity index is 834. The Hall–Kier alpha value is -2.21. The minimum atomic E-state index is -0.0200. The van der Waals surface area contributed by atoms with Crippen LogP contribution in [0.15, 0.2) is 30.5 Å². The van der Waals surface area contributed by atoms with Gasteiger partial charge in [-0.05, 0) is 45.0 Å². The van der Waals surface area contributed by atoms with Gasteiger partial charge in [-0.3, -0.25) is 4.79 Å². The van der Waals surface area contributed by atoms with Crippen LogP contribution in [0, 0.1) is 6.92 Å². The third-order valence-electron chi connectivity index (χ3n) is 3.64. The molecule has 6 heteroatoms. The number of nitrogens with one attached hydrogen (secondary N) is 1. The van der Waals surface area contributed by atoms with Crippen LogP contribution in [-0.2, 0) is 6.42 Å². The lowest BCUT2D eigenvalue weighted by molar-refractivity contribution is 0.0958. The Labute approximate surface area is 139 Å². The zero-order valence-corrected chi connectivity index (χ0v) is 14.4. The molecule has 0 bridgehead atoms. The molecule has 1 amide bonds. The number of hydrogen-bond donors (Lipinski definition) is 1. The lowest BCUT2D eigenvalue weighted by atomic mass is 10.3. The second-order valence-corrected chi connectivity index (χ2v) is 7.04. The summed E-state index contributed by atoms with van der Waals surface area (Å²) in [7, 11) is 0. The molecule has 3 rings (SSSR count). The highest BCUT2D eigenvalue weighted by Gasteiger charge is 2.14. The summed E-state index contributed by atoms with van der Waals surface area (Å²) in [6.45, 7) is 6.80. The number of amides is 1. The second-order valence-electron chi connectivity index (χ2n) is 5.75. The molecule has 0 aliphatic heterocycles. The molecule has 0 radical (unpaired) electrons. The summed E-state index contributed by atoms with van der Waals surface area (Å²) < 4.78 is 2.14. The molecule has 23 heavy (non-hydrogen) atoms. The number of thiophene rings is 1. The van der Waals surface area contributed by atoms with Crippen molar-refractivity contribution in [3.63, 3.8) is 0 Å². The van der Waals surface area contributed by atoms with Gasteiger partial charge in [-0.1, -0.05) is 0 Å². The first kappa shape index (κ1) is 15.7. The molecule has 0 aromatic carbocycles. The fourth-order valence-corrected chi connectivity index (χ4v) is 3.41. The number of rotatable bonds is 5. The lowest BCUT2D eigenvalue weighted by Gasteiger charge is -2.12. The van der Waals surface area contributed by atoms with Gasteiger partial charge in [0, 0.05) is 30.1 Å². The Morgan fingerprint density at radius 3 is 2.87 bits per heavy atom. The van der Waals surface area contributed by atoms with E-state index in [0.29, 0.717) is 13.0 Å². The van der Waals surface area contributed by atoms with Crippen LogP contribution in [-0.4, -0.2) is 27.0 Å². The molecule has 3 aromatic rings. The normalized spacial score (nSPS) is 11.3. The number of pyridine rings is 1. The molecule has 0 aliphatic rings. The zero-order valence-electron chi connectivity index (χ0n) is 13.5. The van der Waals surface area contributed by atoms with E-state index < -0.39 is 0 Å². The first-order chi connectivity index (χ1) is 11.1. The van der Waals surface area contributed by atoms with Crippen LogP contribution in [0.3, 0.4) is 0 Å². The number of fused-ring (bicyclic) bond motifs is 1. The van der Waals surface area contributed by atoms with E-state index in [-0.39, 0.29) is 11.9 Å². The summed E-state index contributed by atoms with van der Waals surface area (Å²) in [6.07, 6.45) is 2.47. The number of nitrogens with zero attached hydrogens (tertiary/aromatic N) is 3. The SMILES string of the molecule is Cc1ccc(C(=O)NCCc2nc3cccnc3n2C(C)C)s1. The number of imidazole rings is 1. The zero-order chi connectivity index (χ0) is 16.4. The highest BCUT2D eigenvalue weighted by Crippen LogP contribution is 2.19. The van der Waals surface area contributed by atoms with Crippen molar-refractivity contribution in [1.82, 2.24) is 19.9 Å². The minimum Gasteiger partial charge on any atom is -0.351 e. The maximum atomic E-state index is 12.1. The quantitative estimate of drug-likeness (QED) is 0.781. The smallest absolute Gasteiger partial charge is 0.261 e. The Morgan fingerprint density at radius 1 is 1.35 bits per heavy atom. The molecule has 0 fully saturated rings. The summed E-state index contributed by atoms with van der Waals surface area (Å²) in [5.74, 6) is 0.935. The Morgan fingerprint density at radius 2 is 2.17 bits per heavy atom. The first-order valence-corrected chi connectivity index (χ1v) is 8.54. The van der Waals surface area contributed by atoms with Gasteiger partial charge in [0.1, 0.15) is 11.3 Å². The standard InChI is InChI=1S/C17H20N4OS/c1-11(2)21-15(20-13-5-4-9-18-16(13)21)8-10-19-17(22)14-7-6-12(3)23-14/h4-7,9,11H,8,10H2,1-3H3,(H,19,22). The van der Waals surface area contributed by atoms with Gasteiger partial charge in [-0.2, -0.15) is 0 Å². The highest BCUT2D eigenvalue weighted by atomic mass is 32.1. The number of carbonyl (C=O) groups is 1. The molecule has 120 valence electrons. The third kappa shape index (κ3) is 3.27. The Balaban J connectivity index is 1.72. The van der Waals surface area contributed by atoms with Crippen LogP contribution in [0.2, 0.25) is 0 Å². The summed E-state index contributed by atoms with van der Waals surface area (Å²) in [5.41, 5.74) is 1.80. The van der Waals surface area contributed by atoms with E-state index in [0.717, 1.165) is 26.7 Å². The van der Waals surface area contributed by atoms with Crippen molar-refractivity contribution in [3.05, 3.63) is 46.0 Å². The van der Waals surface area contributed by atoms with Gasteiger partial charge < -0.3 is 9.88 Å². The van der Waals surface area contributed by atoms with Crippen LogP contribution in [0.5, 0.6) is 0 Å². The lowest BCUT2D eigenvalue weighted by Crippen LogP contribution is -2.26. The maximum absolute atomic E-state index is 12.1. The number of hydrogen-bond acceptors (Lipinski definition) is 4. The van der Waals surface area contributed by atoms with Crippen LogP contribution in [0.4, 0.5) is 0 Å². The first-order valence-electron chi connectivity index (χ1n) is 7.72. The van der Waals surface area contributed by atoms with Crippen LogP contribution >= 0.6 is 11.3 Å². The van der Waals surface area contributed by atoms with Crippen molar-refractivity contribution in [1.29, 1.82) is 0 Å². The van der Waals surface area contributed by atoms with Gasteiger partial charge in [0.15, 0.2) is 5.65 Å². The predicted octanol–water partition coefficient (Wildman–Crippen LogP) is 3.35. The van der Waals surface area contributed by atoms with Gasteiger partial charge in [0.05, 0.1) is 4.88 Å². The van der Waals surface area contributed by atoms with E-state index in [9.17, 15) is 4.79 Å². The predicted molar refractivity (Wildman–Crippen MR) is 93.0 cm³/mol. The molecule has 1 N–H and O–H groups in total. The monoisotopic (exact) mass is 328 g/mol. The molecule has 3 aromatic heterocycles. The second kappa shape index (κ2) is 6.50. The number of carbonyl (C=O) groups excluding carboxylic acids is 1. The van der Waals surface area contributed by atoms with Crippen molar-refractivity contribution >= 4 is 28.4 Å². The molecular formula is C17H20N4OS. The fourth-order valence-electron chi connectivity index (χ4n) is 2.63. The largest absolute Gasteiger partial charge is 0.351 e. The molecule has 0 atom stereocenters. The van der Waals surface area contributed by atoms with Crippen LogP contribution in [0.25, 0.3) is 11.2 Å². The molecule has 5 nitrogen and oxygen atoms in total. The van der Waals surface area contributed by atoms with Gasteiger partial charge in [-0.15, -0.1) is 11.3 Å². The molecule has 0 unspecified atom stereocenters. The van der Waals surface area contributed by atoms with Crippen molar-refractivity contribution in [3.8, 4) is 0 Å². The summed E-state index contributed by atoms with van der Waals surface area (Å²) in [4.78, 5) is 23.1. The molecular weight excluding hydrogens is 308 g/mol. The fraction of sp³-hybridized carbons (Fsp3) is 0.353. The van der Waals surface area contributed by atoms with E-state index in [1.54, 1.807) is 6.20 Å². The number of aryl methyl sites for hydroxylation is 1. The van der Waals surface area contributed by atoms with Crippen LogP contribution in [0.1, 0.15) is 40.3 Å². The molecule has 0 saturated heterocycles. The van der Waals surface area contributed by atoms with E-state index in [2.05, 4.69) is 33.7 Å².